The van der Waals surface area contributed by atoms with Gasteiger partial charge in [-0.25, -0.2) is 9.98 Å². The first-order valence-corrected chi connectivity index (χ1v) is 10.7. The maximum Gasteiger partial charge on any atom is 0.310 e. The highest BCUT2D eigenvalue weighted by Gasteiger charge is 2.28. The van der Waals surface area contributed by atoms with E-state index in [4.69, 9.17) is 14.5 Å². The summed E-state index contributed by atoms with van der Waals surface area (Å²) in [4.78, 5) is 26.1. The molecule has 1 unspecified atom stereocenters. The van der Waals surface area contributed by atoms with Crippen molar-refractivity contribution in [3.63, 3.8) is 0 Å². The number of aliphatic imine (C=N–C) groups is 1. The van der Waals surface area contributed by atoms with Crippen molar-refractivity contribution in [3.8, 4) is 0 Å². The number of pyridine rings is 1. The van der Waals surface area contributed by atoms with Crippen molar-refractivity contribution in [2.45, 2.75) is 33.2 Å². The number of carbonyl (C=O) groups is 1. The van der Waals surface area contributed by atoms with E-state index < -0.39 is 0 Å². The summed E-state index contributed by atoms with van der Waals surface area (Å²) in [6.07, 6.45) is 3.66. The molecule has 160 valence electrons. The van der Waals surface area contributed by atoms with Crippen LogP contribution >= 0.6 is 0 Å². The molecule has 0 saturated carbocycles. The molecule has 1 atom stereocenters. The van der Waals surface area contributed by atoms with Crippen molar-refractivity contribution in [3.05, 3.63) is 23.9 Å². The number of aromatic nitrogens is 1. The molecular formula is C21H33N5O3. The third-order valence-corrected chi connectivity index (χ3v) is 5.25. The van der Waals surface area contributed by atoms with Crippen LogP contribution in [0.3, 0.4) is 0 Å². The number of nitrogens with one attached hydrogen (secondary N) is 1. The lowest BCUT2D eigenvalue weighted by atomic mass is 9.98. The predicted molar refractivity (Wildman–Crippen MR) is 113 cm³/mol. The Morgan fingerprint density at radius 2 is 2.17 bits per heavy atom. The second-order valence-corrected chi connectivity index (χ2v) is 7.29. The molecule has 2 aliphatic heterocycles. The molecule has 2 saturated heterocycles. The second kappa shape index (κ2) is 11.0. The molecule has 0 spiro atoms. The van der Waals surface area contributed by atoms with E-state index in [0.29, 0.717) is 19.7 Å². The third-order valence-electron chi connectivity index (χ3n) is 5.25. The zero-order valence-electron chi connectivity index (χ0n) is 17.6. The number of hydrogen-bond acceptors (Lipinski definition) is 6. The van der Waals surface area contributed by atoms with Crippen LogP contribution in [0.4, 0.5) is 5.82 Å². The van der Waals surface area contributed by atoms with Gasteiger partial charge in [0.2, 0.25) is 0 Å². The van der Waals surface area contributed by atoms with Gasteiger partial charge in [-0.05, 0) is 32.8 Å². The maximum absolute atomic E-state index is 12.2. The van der Waals surface area contributed by atoms with Gasteiger partial charge in [0.05, 0.1) is 32.3 Å². The van der Waals surface area contributed by atoms with Crippen molar-refractivity contribution in [1.82, 2.24) is 15.2 Å². The van der Waals surface area contributed by atoms with Crippen LogP contribution in [0.1, 0.15) is 32.3 Å². The average molecular weight is 404 g/mol. The van der Waals surface area contributed by atoms with Crippen molar-refractivity contribution < 1.29 is 14.3 Å². The van der Waals surface area contributed by atoms with Crippen LogP contribution in [0.5, 0.6) is 0 Å². The number of rotatable bonds is 6. The summed E-state index contributed by atoms with van der Waals surface area (Å²) >= 11 is 0. The fourth-order valence-corrected chi connectivity index (χ4v) is 3.82. The molecule has 0 radical (unpaired) electrons. The number of ether oxygens (including phenoxy) is 2. The van der Waals surface area contributed by atoms with Gasteiger partial charge in [0.15, 0.2) is 5.96 Å². The molecule has 0 aromatic carbocycles. The number of morpholine rings is 1. The van der Waals surface area contributed by atoms with E-state index >= 15 is 0 Å². The van der Waals surface area contributed by atoms with Crippen LogP contribution in [0.25, 0.3) is 0 Å². The van der Waals surface area contributed by atoms with Crippen molar-refractivity contribution in [2.24, 2.45) is 10.9 Å². The molecule has 0 bridgehead atoms. The number of hydrogen-bond donors (Lipinski definition) is 1. The number of anilines is 1. The van der Waals surface area contributed by atoms with Gasteiger partial charge < -0.3 is 24.6 Å². The lowest BCUT2D eigenvalue weighted by Crippen LogP contribution is -2.48. The Labute approximate surface area is 173 Å². The fraction of sp³-hybridized carbons (Fsp3) is 0.667. The van der Waals surface area contributed by atoms with Gasteiger partial charge in [-0.3, -0.25) is 4.79 Å². The third kappa shape index (κ3) is 5.82. The quantitative estimate of drug-likeness (QED) is 0.440. The Balaban J connectivity index is 1.72. The van der Waals surface area contributed by atoms with E-state index in [2.05, 4.69) is 33.1 Å². The summed E-state index contributed by atoms with van der Waals surface area (Å²) < 4.78 is 10.7. The summed E-state index contributed by atoms with van der Waals surface area (Å²) in [7, 11) is 0. The molecule has 8 heteroatoms. The van der Waals surface area contributed by atoms with Gasteiger partial charge in [-0.1, -0.05) is 6.07 Å². The smallest absolute Gasteiger partial charge is 0.310 e. The Morgan fingerprint density at radius 1 is 1.34 bits per heavy atom. The van der Waals surface area contributed by atoms with Crippen LogP contribution in [-0.4, -0.2) is 74.4 Å². The number of piperidine rings is 1. The van der Waals surface area contributed by atoms with Crippen LogP contribution in [0.2, 0.25) is 0 Å². The molecule has 1 aromatic heterocycles. The van der Waals surface area contributed by atoms with Gasteiger partial charge in [0.25, 0.3) is 0 Å². The molecule has 8 nitrogen and oxygen atoms in total. The second-order valence-electron chi connectivity index (χ2n) is 7.29. The van der Waals surface area contributed by atoms with Crippen molar-refractivity contribution >= 4 is 17.7 Å². The molecular weight excluding hydrogens is 370 g/mol. The lowest BCUT2D eigenvalue weighted by Gasteiger charge is -2.34. The van der Waals surface area contributed by atoms with E-state index in [1.165, 1.54) is 0 Å². The molecule has 1 N–H and O–H groups in total. The van der Waals surface area contributed by atoms with Crippen LogP contribution in [-0.2, 0) is 20.8 Å². The number of carbonyl (C=O) groups excluding carboxylic acids is 1. The first-order valence-electron chi connectivity index (χ1n) is 10.7. The normalized spacial score (nSPS) is 20.5. The molecule has 2 fully saturated rings. The fourth-order valence-electron chi connectivity index (χ4n) is 3.82. The van der Waals surface area contributed by atoms with Crippen LogP contribution in [0, 0.1) is 5.92 Å². The minimum atomic E-state index is -0.102. The highest BCUT2D eigenvalue weighted by atomic mass is 16.5. The zero-order valence-corrected chi connectivity index (χ0v) is 17.6. The Hall–Kier alpha value is -2.35. The zero-order chi connectivity index (χ0) is 20.5. The summed E-state index contributed by atoms with van der Waals surface area (Å²) in [5, 5.41) is 3.38. The van der Waals surface area contributed by atoms with E-state index in [-0.39, 0.29) is 11.9 Å². The first-order chi connectivity index (χ1) is 14.2. The number of nitrogens with zero attached hydrogens (tertiary/aromatic N) is 4. The van der Waals surface area contributed by atoms with Gasteiger partial charge in [0, 0.05) is 44.5 Å². The SMILES string of the molecule is CCNC(=NCc1cccnc1N1CCOCC1)N1CCCC(C(=O)OCC)C1. The minimum Gasteiger partial charge on any atom is -0.466 e. The Morgan fingerprint density at radius 3 is 2.93 bits per heavy atom. The van der Waals surface area contributed by atoms with Crippen molar-refractivity contribution in [1.29, 1.82) is 0 Å². The van der Waals surface area contributed by atoms with Crippen LogP contribution in [0.15, 0.2) is 23.3 Å². The summed E-state index contributed by atoms with van der Waals surface area (Å²) in [5.41, 5.74) is 1.10. The largest absolute Gasteiger partial charge is 0.466 e. The molecule has 3 rings (SSSR count). The van der Waals surface area contributed by atoms with Gasteiger partial charge in [0.1, 0.15) is 5.82 Å². The lowest BCUT2D eigenvalue weighted by molar-refractivity contribution is -0.149. The summed E-state index contributed by atoms with van der Waals surface area (Å²) in [5.74, 6) is 1.64. The molecule has 29 heavy (non-hydrogen) atoms. The van der Waals surface area contributed by atoms with Gasteiger partial charge >= 0.3 is 5.97 Å². The minimum absolute atomic E-state index is 0.0881. The molecule has 1 aromatic rings. The van der Waals surface area contributed by atoms with Crippen LogP contribution < -0.4 is 10.2 Å². The van der Waals surface area contributed by atoms with Gasteiger partial charge in [-0.2, -0.15) is 0 Å². The molecule has 0 amide bonds. The number of likely N-dealkylation sites (tertiary alicyclic amines) is 1. The standard InChI is InChI=1S/C21H33N5O3/c1-3-22-21(26-10-6-8-18(16-26)20(27)29-4-2)24-15-17-7-5-9-23-19(17)25-11-13-28-14-12-25/h5,7,9,18H,3-4,6,8,10-16H2,1-2H3,(H,22,24). The predicted octanol–water partition coefficient (Wildman–Crippen LogP) is 1.66. The summed E-state index contributed by atoms with van der Waals surface area (Å²) in [6, 6.07) is 4.04. The monoisotopic (exact) mass is 403 g/mol. The topological polar surface area (TPSA) is 79.3 Å². The number of esters is 1. The molecule has 2 aliphatic rings. The van der Waals surface area contributed by atoms with E-state index in [1.807, 2.05) is 19.2 Å². The van der Waals surface area contributed by atoms with Gasteiger partial charge in [-0.15, -0.1) is 0 Å². The highest BCUT2D eigenvalue weighted by molar-refractivity contribution is 5.81. The first kappa shape index (κ1) is 21.4. The van der Waals surface area contributed by atoms with E-state index in [9.17, 15) is 4.79 Å². The Bertz CT molecular complexity index is 691. The maximum atomic E-state index is 12.2. The van der Waals surface area contributed by atoms with E-state index in [0.717, 1.165) is 69.6 Å². The van der Waals surface area contributed by atoms with Crippen molar-refractivity contribution in [2.75, 3.05) is 57.4 Å². The summed E-state index contributed by atoms with van der Waals surface area (Å²) in [6.45, 7) is 10.4. The average Bonchev–Trinajstić information content (AvgIpc) is 2.78. The highest BCUT2D eigenvalue weighted by Crippen LogP contribution is 2.21. The molecule has 3 heterocycles. The van der Waals surface area contributed by atoms with E-state index in [1.54, 1.807) is 0 Å². The number of guanidine groups is 1. The molecule has 0 aliphatic carbocycles. The Kier molecular flexibility index (Phi) is 8.10.